The van der Waals surface area contributed by atoms with Crippen LogP contribution >= 0.6 is 0 Å². The van der Waals surface area contributed by atoms with Crippen LogP contribution in [0, 0.1) is 0 Å². The summed E-state index contributed by atoms with van der Waals surface area (Å²) in [4.78, 5) is 25.8. The van der Waals surface area contributed by atoms with Crippen LogP contribution in [-0.4, -0.2) is 19.1 Å². The molecule has 5 heteroatoms. The van der Waals surface area contributed by atoms with E-state index in [0.29, 0.717) is 11.3 Å². The van der Waals surface area contributed by atoms with Crippen LogP contribution in [0.25, 0.3) is 110 Å². The van der Waals surface area contributed by atoms with E-state index < -0.39 is 0 Å². The zero-order chi connectivity index (χ0) is 38.3. The fourth-order valence-electron chi connectivity index (χ4n) is 9.14. The first-order chi connectivity index (χ1) is 28.7. The van der Waals surface area contributed by atoms with Gasteiger partial charge in [-0.3, -0.25) is 13.9 Å². The van der Waals surface area contributed by atoms with E-state index in [-0.39, 0.29) is 5.56 Å². The Kier molecular flexibility index (Phi) is 7.01. The van der Waals surface area contributed by atoms with Crippen molar-refractivity contribution in [1.29, 1.82) is 0 Å². The lowest BCUT2D eigenvalue weighted by Gasteiger charge is -2.17. The summed E-state index contributed by atoms with van der Waals surface area (Å²) in [5, 5.41) is 10.1. The maximum atomic E-state index is 14.8. The molecule has 5 nitrogen and oxygen atoms in total. The number of hydrogen-bond acceptors (Lipinski definition) is 3. The molecular formula is C53H32N4O. The van der Waals surface area contributed by atoms with Crippen LogP contribution in [-0.2, 0) is 0 Å². The summed E-state index contributed by atoms with van der Waals surface area (Å²) in [6, 6.07) is 67.0. The molecule has 0 spiro atoms. The van der Waals surface area contributed by atoms with E-state index in [1.54, 1.807) is 0 Å². The molecule has 0 bridgehead atoms. The van der Waals surface area contributed by atoms with E-state index in [9.17, 15) is 4.79 Å². The van der Waals surface area contributed by atoms with Crippen molar-refractivity contribution in [2.45, 2.75) is 0 Å². The molecule has 0 aliphatic heterocycles. The number of para-hydroxylation sites is 3. The summed E-state index contributed by atoms with van der Waals surface area (Å²) in [6.07, 6.45) is 0. The molecule has 0 atom stereocenters. The Morgan fingerprint density at radius 2 is 1.00 bits per heavy atom. The fourth-order valence-corrected chi connectivity index (χ4v) is 9.14. The molecule has 3 aromatic heterocycles. The first-order valence-electron chi connectivity index (χ1n) is 19.5. The molecule has 0 amide bonds. The van der Waals surface area contributed by atoms with Crippen molar-refractivity contribution < 1.29 is 0 Å². The van der Waals surface area contributed by atoms with Gasteiger partial charge in [-0.15, -0.1) is 0 Å². The third kappa shape index (κ3) is 4.74. The lowest BCUT2D eigenvalue weighted by atomic mass is 9.93. The van der Waals surface area contributed by atoms with Gasteiger partial charge in [-0.25, -0.2) is 9.97 Å². The number of aromatic nitrogens is 4. The van der Waals surface area contributed by atoms with E-state index in [2.05, 4.69) is 144 Å². The SMILES string of the molecule is O=c1c2ccc3c4cc5ccccc5cc4n(-c4nc(-c5ccc(-c6ccccc6)c6ccccc56)c5ccccc5n4)c3c2c2ccccc2n1-c1ccccc1. The summed E-state index contributed by atoms with van der Waals surface area (Å²) in [6.45, 7) is 0. The van der Waals surface area contributed by atoms with Gasteiger partial charge < -0.3 is 0 Å². The minimum absolute atomic E-state index is 0.0751. The third-order valence-electron chi connectivity index (χ3n) is 11.7. The van der Waals surface area contributed by atoms with Gasteiger partial charge in [0.15, 0.2) is 0 Å². The highest BCUT2D eigenvalue weighted by Gasteiger charge is 2.23. The lowest BCUT2D eigenvalue weighted by Crippen LogP contribution is -2.19. The van der Waals surface area contributed by atoms with Crippen molar-refractivity contribution in [3.63, 3.8) is 0 Å². The van der Waals surface area contributed by atoms with Crippen LogP contribution < -0.4 is 5.56 Å². The van der Waals surface area contributed by atoms with Crippen LogP contribution in [0.5, 0.6) is 0 Å². The maximum absolute atomic E-state index is 14.8. The normalized spacial score (nSPS) is 11.9. The van der Waals surface area contributed by atoms with E-state index in [1.165, 1.54) is 11.1 Å². The monoisotopic (exact) mass is 740 g/mol. The van der Waals surface area contributed by atoms with E-state index in [1.807, 2.05) is 59.2 Å². The maximum Gasteiger partial charge on any atom is 0.263 e. The average molecular weight is 741 g/mol. The second-order valence-corrected chi connectivity index (χ2v) is 14.9. The minimum atomic E-state index is -0.0751. The highest BCUT2D eigenvalue weighted by atomic mass is 16.1. The van der Waals surface area contributed by atoms with E-state index in [4.69, 9.17) is 9.97 Å². The smallest absolute Gasteiger partial charge is 0.263 e. The predicted octanol–water partition coefficient (Wildman–Crippen LogP) is 12.8. The Morgan fingerprint density at radius 3 is 1.79 bits per heavy atom. The molecule has 0 unspecified atom stereocenters. The molecule has 12 rings (SSSR count). The first kappa shape index (κ1) is 32.4. The van der Waals surface area contributed by atoms with E-state index in [0.717, 1.165) is 87.5 Å². The summed E-state index contributed by atoms with van der Waals surface area (Å²) >= 11 is 0. The number of nitrogens with zero attached hydrogens (tertiary/aromatic N) is 4. The molecule has 0 saturated carbocycles. The number of fused-ring (bicyclic) bond motifs is 10. The molecule has 270 valence electrons. The van der Waals surface area contributed by atoms with Crippen LogP contribution in [0.1, 0.15) is 0 Å². The summed E-state index contributed by atoms with van der Waals surface area (Å²) in [5.41, 5.74) is 8.53. The van der Waals surface area contributed by atoms with Gasteiger partial charge in [-0.05, 0) is 75.1 Å². The van der Waals surface area contributed by atoms with Gasteiger partial charge in [-0.2, -0.15) is 0 Å². The summed E-state index contributed by atoms with van der Waals surface area (Å²) in [5.74, 6) is 0.545. The van der Waals surface area contributed by atoms with Gasteiger partial charge in [0.1, 0.15) is 0 Å². The van der Waals surface area contributed by atoms with Crippen LogP contribution in [0.15, 0.2) is 199 Å². The molecule has 0 aliphatic rings. The second kappa shape index (κ2) is 12.6. The van der Waals surface area contributed by atoms with Gasteiger partial charge in [0.2, 0.25) is 5.95 Å². The number of rotatable bonds is 4. The van der Waals surface area contributed by atoms with Crippen molar-refractivity contribution in [2.24, 2.45) is 0 Å². The average Bonchev–Trinajstić information content (AvgIpc) is 3.61. The molecule has 0 aliphatic carbocycles. The quantitative estimate of drug-likeness (QED) is 0.169. The Morgan fingerprint density at radius 1 is 0.397 bits per heavy atom. The van der Waals surface area contributed by atoms with Crippen molar-refractivity contribution >= 4 is 75.9 Å². The molecule has 0 N–H and O–H groups in total. The molecule has 3 heterocycles. The van der Waals surface area contributed by atoms with Crippen LogP contribution in [0.4, 0.5) is 0 Å². The highest BCUT2D eigenvalue weighted by molar-refractivity contribution is 6.26. The zero-order valence-electron chi connectivity index (χ0n) is 31.2. The fraction of sp³-hybridized carbons (Fsp3) is 0. The van der Waals surface area contributed by atoms with Crippen LogP contribution in [0.3, 0.4) is 0 Å². The van der Waals surface area contributed by atoms with Gasteiger partial charge in [-0.1, -0.05) is 152 Å². The van der Waals surface area contributed by atoms with Crippen molar-refractivity contribution in [1.82, 2.24) is 19.1 Å². The zero-order valence-corrected chi connectivity index (χ0v) is 31.2. The third-order valence-corrected chi connectivity index (χ3v) is 11.7. The molecule has 0 fully saturated rings. The van der Waals surface area contributed by atoms with Crippen molar-refractivity contribution in [2.75, 3.05) is 0 Å². The first-order valence-corrected chi connectivity index (χ1v) is 19.5. The van der Waals surface area contributed by atoms with Crippen molar-refractivity contribution in [3.8, 4) is 34.0 Å². The van der Waals surface area contributed by atoms with Gasteiger partial charge >= 0.3 is 0 Å². The highest BCUT2D eigenvalue weighted by Crippen LogP contribution is 2.42. The second-order valence-electron chi connectivity index (χ2n) is 14.9. The standard InChI is InChI=1S/C53H32N4O/c58-52-44-30-29-41-45-31-34-17-7-8-18-35(34)32-48(45)57(51(41)49(44)43-24-12-14-26-47(43)56(52)36-19-5-2-6-20-36)53-54-46-25-13-11-23-42(46)50(55-53)40-28-27-37(33-15-3-1-4-16-33)38-21-9-10-22-39(38)40/h1-32H. The molecule has 9 aromatic carbocycles. The molecule has 0 saturated heterocycles. The number of benzene rings is 9. The Balaban J connectivity index is 1.24. The minimum Gasteiger partial charge on any atom is -0.277 e. The lowest BCUT2D eigenvalue weighted by molar-refractivity contribution is 1.02. The predicted molar refractivity (Wildman–Crippen MR) is 240 cm³/mol. The Bertz CT molecular complexity index is 3700. The Labute approximate surface area is 332 Å². The number of hydrogen-bond donors (Lipinski definition) is 0. The van der Waals surface area contributed by atoms with Crippen LogP contribution in [0.2, 0.25) is 0 Å². The topological polar surface area (TPSA) is 52.7 Å². The van der Waals surface area contributed by atoms with Gasteiger partial charge in [0.05, 0.1) is 33.1 Å². The number of pyridine rings is 1. The van der Waals surface area contributed by atoms with Gasteiger partial charge in [0.25, 0.3) is 5.56 Å². The summed E-state index contributed by atoms with van der Waals surface area (Å²) < 4.78 is 4.04. The Hall–Kier alpha value is -7.89. The summed E-state index contributed by atoms with van der Waals surface area (Å²) in [7, 11) is 0. The molecule has 0 radical (unpaired) electrons. The molecular weight excluding hydrogens is 709 g/mol. The molecule has 12 aromatic rings. The van der Waals surface area contributed by atoms with Crippen molar-refractivity contribution in [3.05, 3.63) is 204 Å². The molecule has 58 heavy (non-hydrogen) atoms. The van der Waals surface area contributed by atoms with E-state index >= 15 is 0 Å². The largest absolute Gasteiger partial charge is 0.277 e. The van der Waals surface area contributed by atoms with Gasteiger partial charge in [0, 0.05) is 38.2 Å².